The van der Waals surface area contributed by atoms with E-state index >= 15 is 0 Å². The second kappa shape index (κ2) is 5.85. The second-order valence-corrected chi connectivity index (χ2v) is 5.47. The summed E-state index contributed by atoms with van der Waals surface area (Å²) in [4.78, 5) is 0. The average molecular weight is 267 g/mol. The monoisotopic (exact) mass is 267 g/mol. The lowest BCUT2D eigenvalue weighted by Gasteiger charge is -2.20. The Morgan fingerprint density at radius 3 is 2.44 bits per heavy atom. The third kappa shape index (κ3) is 3.00. The smallest absolute Gasteiger partial charge is 0.270 e. The van der Waals surface area contributed by atoms with Crippen molar-refractivity contribution in [3.63, 3.8) is 0 Å². The van der Waals surface area contributed by atoms with Crippen molar-refractivity contribution in [3.05, 3.63) is 29.3 Å². The Kier molecular flexibility index (Phi) is 4.70. The number of aryl methyl sites for hydroxylation is 1. The lowest BCUT2D eigenvalue weighted by Crippen LogP contribution is -2.35. The number of hydrogen-bond acceptors (Lipinski definition) is 3. The Labute approximate surface area is 108 Å². The zero-order chi connectivity index (χ0) is 13.8. The molecule has 0 radical (unpaired) electrons. The molecule has 1 N–H and O–H groups in total. The largest absolute Gasteiger partial charge is 0.301 e. The highest BCUT2D eigenvalue weighted by molar-refractivity contribution is 7.90. The van der Waals surface area contributed by atoms with E-state index in [2.05, 4.69) is 4.72 Å². The van der Waals surface area contributed by atoms with E-state index in [0.29, 0.717) is 24.3 Å². The van der Waals surface area contributed by atoms with Crippen LogP contribution in [0, 0.1) is 18.3 Å². The van der Waals surface area contributed by atoms with Crippen LogP contribution in [0.5, 0.6) is 0 Å². The first kappa shape index (κ1) is 14.5. The lowest BCUT2D eigenvalue weighted by atomic mass is 10.1. The van der Waals surface area contributed by atoms with Gasteiger partial charge in [-0.3, -0.25) is 4.72 Å². The number of nitrogens with zero attached hydrogens (tertiary/aromatic N) is 2. The van der Waals surface area contributed by atoms with Gasteiger partial charge in [0.05, 0.1) is 11.3 Å². The van der Waals surface area contributed by atoms with E-state index in [1.807, 2.05) is 6.07 Å². The molecular formula is C12H17N3O2S. The quantitative estimate of drug-likeness (QED) is 0.885. The van der Waals surface area contributed by atoms with Crippen LogP contribution in [-0.2, 0) is 10.2 Å². The maximum absolute atomic E-state index is 12.0. The summed E-state index contributed by atoms with van der Waals surface area (Å²) >= 11 is 0. The van der Waals surface area contributed by atoms with Gasteiger partial charge in [-0.25, -0.2) is 0 Å². The van der Waals surface area contributed by atoms with E-state index in [9.17, 15) is 8.42 Å². The number of anilines is 1. The van der Waals surface area contributed by atoms with Crippen LogP contribution in [0.25, 0.3) is 0 Å². The third-order valence-corrected chi connectivity index (χ3v) is 4.34. The highest BCUT2D eigenvalue weighted by Gasteiger charge is 2.20. The Balaban J connectivity index is 3.13. The van der Waals surface area contributed by atoms with Gasteiger partial charge in [-0.05, 0) is 18.6 Å². The van der Waals surface area contributed by atoms with E-state index in [0.717, 1.165) is 5.56 Å². The summed E-state index contributed by atoms with van der Waals surface area (Å²) in [5.74, 6) is 0. The van der Waals surface area contributed by atoms with E-state index < -0.39 is 10.2 Å². The Morgan fingerprint density at radius 2 is 1.94 bits per heavy atom. The van der Waals surface area contributed by atoms with E-state index in [4.69, 9.17) is 5.26 Å². The van der Waals surface area contributed by atoms with Gasteiger partial charge in [0.25, 0.3) is 0 Å². The van der Waals surface area contributed by atoms with Gasteiger partial charge in [-0.2, -0.15) is 18.0 Å². The topological polar surface area (TPSA) is 73.2 Å². The minimum absolute atomic E-state index is 0.324. The molecule has 0 bridgehead atoms. The van der Waals surface area contributed by atoms with Crippen LogP contribution >= 0.6 is 0 Å². The van der Waals surface area contributed by atoms with Gasteiger partial charge in [-0.1, -0.05) is 26.0 Å². The molecule has 0 amide bonds. The second-order valence-electron chi connectivity index (χ2n) is 3.80. The van der Waals surface area contributed by atoms with Crippen LogP contribution in [0.2, 0.25) is 0 Å². The first-order valence-electron chi connectivity index (χ1n) is 5.73. The molecule has 0 aliphatic heterocycles. The fourth-order valence-electron chi connectivity index (χ4n) is 1.67. The average Bonchev–Trinajstić information content (AvgIpc) is 2.30. The Bertz CT molecular complexity index is 557. The summed E-state index contributed by atoms with van der Waals surface area (Å²) in [5, 5.41) is 9.05. The molecule has 0 atom stereocenters. The standard InChI is InChI=1S/C12H17N3O2S/c1-4-15(5-2)18(16,17)14-12-8-6-7-10(3)11(12)9-13/h6-8,14H,4-5H2,1-3H3. The zero-order valence-electron chi connectivity index (χ0n) is 10.8. The molecule has 6 heteroatoms. The summed E-state index contributed by atoms with van der Waals surface area (Å²) in [6.45, 7) is 6.08. The minimum Gasteiger partial charge on any atom is -0.270 e. The predicted molar refractivity (Wildman–Crippen MR) is 71.4 cm³/mol. The van der Waals surface area contributed by atoms with E-state index in [-0.39, 0.29) is 0 Å². The summed E-state index contributed by atoms with van der Waals surface area (Å²) in [7, 11) is -3.59. The number of benzene rings is 1. The van der Waals surface area contributed by atoms with Crippen molar-refractivity contribution >= 4 is 15.9 Å². The summed E-state index contributed by atoms with van der Waals surface area (Å²) in [6, 6.07) is 7.10. The number of nitriles is 1. The van der Waals surface area contributed by atoms with Crippen LogP contribution < -0.4 is 4.72 Å². The molecule has 1 aromatic rings. The van der Waals surface area contributed by atoms with Gasteiger partial charge in [0.15, 0.2) is 0 Å². The van der Waals surface area contributed by atoms with Gasteiger partial charge in [0.2, 0.25) is 0 Å². The van der Waals surface area contributed by atoms with Crippen LogP contribution in [-0.4, -0.2) is 25.8 Å². The van der Waals surface area contributed by atoms with Crippen molar-refractivity contribution in [1.29, 1.82) is 5.26 Å². The van der Waals surface area contributed by atoms with Crippen LogP contribution in [0.1, 0.15) is 25.0 Å². The van der Waals surface area contributed by atoms with Gasteiger partial charge in [0, 0.05) is 13.1 Å². The molecule has 0 saturated carbocycles. The van der Waals surface area contributed by atoms with E-state index in [1.165, 1.54) is 4.31 Å². The molecule has 0 fully saturated rings. The molecule has 0 spiro atoms. The molecule has 1 rings (SSSR count). The third-order valence-electron chi connectivity index (χ3n) is 2.67. The molecule has 0 saturated heterocycles. The Morgan fingerprint density at radius 1 is 1.33 bits per heavy atom. The molecule has 0 unspecified atom stereocenters. The van der Waals surface area contributed by atoms with Gasteiger partial charge < -0.3 is 0 Å². The molecule has 0 aliphatic carbocycles. The van der Waals surface area contributed by atoms with Crippen LogP contribution in [0.3, 0.4) is 0 Å². The molecule has 0 aliphatic rings. The van der Waals surface area contributed by atoms with Crippen LogP contribution in [0.15, 0.2) is 18.2 Å². The van der Waals surface area contributed by atoms with Gasteiger partial charge >= 0.3 is 10.2 Å². The summed E-state index contributed by atoms with van der Waals surface area (Å²) in [6.07, 6.45) is 0. The first-order valence-corrected chi connectivity index (χ1v) is 7.17. The fourth-order valence-corrected chi connectivity index (χ4v) is 2.93. The summed E-state index contributed by atoms with van der Waals surface area (Å²) in [5.41, 5.74) is 1.43. The first-order chi connectivity index (χ1) is 8.46. The fraction of sp³-hybridized carbons (Fsp3) is 0.417. The normalized spacial score (nSPS) is 11.3. The van der Waals surface area contributed by atoms with Crippen LogP contribution in [0.4, 0.5) is 5.69 Å². The number of nitrogens with one attached hydrogen (secondary N) is 1. The molecule has 18 heavy (non-hydrogen) atoms. The predicted octanol–water partition coefficient (Wildman–Crippen LogP) is 1.87. The van der Waals surface area contributed by atoms with E-state index in [1.54, 1.807) is 39.0 Å². The van der Waals surface area contributed by atoms with Crippen molar-refractivity contribution < 1.29 is 8.42 Å². The maximum atomic E-state index is 12.0. The molecular weight excluding hydrogens is 250 g/mol. The van der Waals surface area contributed by atoms with Crippen molar-refractivity contribution in [2.24, 2.45) is 0 Å². The zero-order valence-corrected chi connectivity index (χ0v) is 11.6. The summed E-state index contributed by atoms with van der Waals surface area (Å²) < 4.78 is 27.9. The van der Waals surface area contributed by atoms with Gasteiger partial charge in [0.1, 0.15) is 6.07 Å². The molecule has 5 nitrogen and oxygen atoms in total. The maximum Gasteiger partial charge on any atom is 0.301 e. The van der Waals surface area contributed by atoms with Crippen molar-refractivity contribution in [3.8, 4) is 6.07 Å². The molecule has 0 aromatic heterocycles. The SMILES string of the molecule is CCN(CC)S(=O)(=O)Nc1cccc(C)c1C#N. The highest BCUT2D eigenvalue weighted by atomic mass is 32.2. The number of hydrogen-bond donors (Lipinski definition) is 1. The lowest BCUT2D eigenvalue weighted by molar-refractivity contribution is 0.449. The van der Waals surface area contributed by atoms with Gasteiger partial charge in [-0.15, -0.1) is 0 Å². The minimum atomic E-state index is -3.59. The molecule has 0 heterocycles. The van der Waals surface area contributed by atoms with Crippen molar-refractivity contribution in [1.82, 2.24) is 4.31 Å². The number of rotatable bonds is 5. The van der Waals surface area contributed by atoms with Crippen molar-refractivity contribution in [2.45, 2.75) is 20.8 Å². The Hall–Kier alpha value is -1.58. The molecule has 1 aromatic carbocycles. The molecule has 98 valence electrons. The highest BCUT2D eigenvalue weighted by Crippen LogP contribution is 2.20. The van der Waals surface area contributed by atoms with Crippen molar-refractivity contribution in [2.75, 3.05) is 17.8 Å².